The van der Waals surface area contributed by atoms with Crippen molar-refractivity contribution in [3.63, 3.8) is 0 Å². The van der Waals surface area contributed by atoms with E-state index in [4.69, 9.17) is 0 Å². The topological polar surface area (TPSA) is 57.6 Å². The maximum absolute atomic E-state index is 12.0. The van der Waals surface area contributed by atoms with Gasteiger partial charge in [0, 0.05) is 38.6 Å². The minimum absolute atomic E-state index is 0.135. The van der Waals surface area contributed by atoms with E-state index in [1.165, 1.54) is 38.5 Å². The summed E-state index contributed by atoms with van der Waals surface area (Å²) in [7, 11) is 0. The number of nitrogens with one attached hydrogen (secondary N) is 1. The summed E-state index contributed by atoms with van der Waals surface area (Å²) in [5.41, 5.74) is 2.02. The summed E-state index contributed by atoms with van der Waals surface area (Å²) in [5.74, 6) is 1.01. The molecule has 5 heteroatoms. The molecule has 0 bridgehead atoms. The van der Waals surface area contributed by atoms with Gasteiger partial charge >= 0.3 is 0 Å². The molecule has 2 rings (SSSR count). The second-order valence-electron chi connectivity index (χ2n) is 7.08. The number of carbonyl (C=O) groups is 1. The third-order valence-corrected chi connectivity index (χ3v) is 5.17. The zero-order valence-corrected chi connectivity index (χ0v) is 16.4. The van der Waals surface area contributed by atoms with Gasteiger partial charge in [0.2, 0.25) is 5.91 Å². The van der Waals surface area contributed by atoms with Crippen molar-refractivity contribution < 1.29 is 4.79 Å². The van der Waals surface area contributed by atoms with Crippen LogP contribution in [0, 0.1) is 5.92 Å². The van der Waals surface area contributed by atoms with Crippen LogP contribution in [0.1, 0.15) is 63.6 Å². The molecule has 1 N–H and O–H groups in total. The second kappa shape index (κ2) is 11.8. The number of hydrogen-bond donors (Lipinski definition) is 1. The standard InChI is InChI=1S/C21H34N4O/c1-3-25(4-2)21(26)17-23-16-20-14-19(11-13-24-20)15-22-12-10-18-8-6-5-7-9-18/h11,13-15,18,23H,3-10,12,16-17H2,1-2H3. The number of nitrogens with zero attached hydrogens (tertiary/aromatic N) is 3. The van der Waals surface area contributed by atoms with Gasteiger partial charge in [-0.1, -0.05) is 32.1 Å². The lowest BCUT2D eigenvalue weighted by atomic mass is 9.87. The van der Waals surface area contributed by atoms with Crippen LogP contribution in [-0.4, -0.2) is 48.2 Å². The Hall–Kier alpha value is -1.75. The number of pyridine rings is 1. The smallest absolute Gasteiger partial charge is 0.236 e. The zero-order valence-electron chi connectivity index (χ0n) is 16.4. The molecule has 0 radical (unpaired) electrons. The Bertz CT molecular complexity index is 563. The lowest BCUT2D eigenvalue weighted by Gasteiger charge is -2.20. The number of carbonyl (C=O) groups excluding carboxylic acids is 1. The number of amides is 1. The Morgan fingerprint density at radius 3 is 2.81 bits per heavy atom. The van der Waals surface area contributed by atoms with Gasteiger partial charge in [-0.25, -0.2) is 0 Å². The zero-order chi connectivity index (χ0) is 18.6. The van der Waals surface area contributed by atoms with Gasteiger partial charge in [0.25, 0.3) is 0 Å². The molecule has 1 saturated carbocycles. The van der Waals surface area contributed by atoms with Crippen LogP contribution in [0.5, 0.6) is 0 Å². The molecule has 1 aromatic heterocycles. The summed E-state index contributed by atoms with van der Waals surface area (Å²) in [6, 6.07) is 4.02. The molecule has 0 aromatic carbocycles. The van der Waals surface area contributed by atoms with Crippen LogP contribution in [0.2, 0.25) is 0 Å². The average molecular weight is 359 g/mol. The van der Waals surface area contributed by atoms with Gasteiger partial charge in [-0.05, 0) is 43.9 Å². The first kappa shape index (κ1) is 20.6. The Morgan fingerprint density at radius 1 is 1.31 bits per heavy atom. The molecule has 5 nitrogen and oxygen atoms in total. The van der Waals surface area contributed by atoms with Crippen LogP contribution in [0.15, 0.2) is 23.3 Å². The summed E-state index contributed by atoms with van der Waals surface area (Å²) in [4.78, 5) is 22.8. The molecule has 1 aliphatic rings. The molecule has 26 heavy (non-hydrogen) atoms. The van der Waals surface area contributed by atoms with Crippen molar-refractivity contribution in [2.45, 2.75) is 58.9 Å². The lowest BCUT2D eigenvalue weighted by molar-refractivity contribution is -0.129. The summed E-state index contributed by atoms with van der Waals surface area (Å²) in [6.45, 7) is 7.36. The van der Waals surface area contributed by atoms with Gasteiger partial charge in [0.1, 0.15) is 0 Å². The molecular weight excluding hydrogens is 324 g/mol. The Labute approximate surface area is 158 Å². The fourth-order valence-electron chi connectivity index (χ4n) is 3.56. The largest absolute Gasteiger partial charge is 0.342 e. The van der Waals surface area contributed by atoms with E-state index in [2.05, 4.69) is 15.3 Å². The van der Waals surface area contributed by atoms with E-state index in [9.17, 15) is 4.79 Å². The first-order chi connectivity index (χ1) is 12.7. The molecule has 0 spiro atoms. The van der Waals surface area contributed by atoms with Crippen LogP contribution in [0.25, 0.3) is 0 Å². The molecule has 0 saturated heterocycles. The monoisotopic (exact) mass is 358 g/mol. The highest BCUT2D eigenvalue weighted by atomic mass is 16.2. The van der Waals surface area contributed by atoms with E-state index in [0.717, 1.165) is 36.8 Å². The van der Waals surface area contributed by atoms with E-state index >= 15 is 0 Å². The fraction of sp³-hybridized carbons (Fsp3) is 0.667. The Morgan fingerprint density at radius 2 is 2.08 bits per heavy atom. The number of hydrogen-bond acceptors (Lipinski definition) is 4. The summed E-state index contributed by atoms with van der Waals surface area (Å²) in [6.07, 6.45) is 11.9. The van der Waals surface area contributed by atoms with Crippen LogP contribution in [-0.2, 0) is 11.3 Å². The van der Waals surface area contributed by atoms with Crippen molar-refractivity contribution >= 4 is 12.1 Å². The van der Waals surface area contributed by atoms with Gasteiger partial charge in [-0.15, -0.1) is 0 Å². The quantitative estimate of drug-likeness (QED) is 0.652. The number of rotatable bonds is 10. The number of aromatic nitrogens is 1. The molecular formula is C21H34N4O. The van der Waals surface area contributed by atoms with Crippen LogP contribution in [0.4, 0.5) is 0 Å². The minimum Gasteiger partial charge on any atom is -0.342 e. The van der Waals surface area contributed by atoms with E-state index < -0.39 is 0 Å². The van der Waals surface area contributed by atoms with Crippen molar-refractivity contribution in [1.29, 1.82) is 0 Å². The highest BCUT2D eigenvalue weighted by Crippen LogP contribution is 2.26. The number of aliphatic imine (C=N–C) groups is 1. The average Bonchev–Trinajstić information content (AvgIpc) is 2.67. The van der Waals surface area contributed by atoms with Gasteiger partial charge in [-0.3, -0.25) is 14.8 Å². The third-order valence-electron chi connectivity index (χ3n) is 5.17. The van der Waals surface area contributed by atoms with Gasteiger partial charge in [0.05, 0.1) is 12.2 Å². The maximum atomic E-state index is 12.0. The second-order valence-corrected chi connectivity index (χ2v) is 7.08. The maximum Gasteiger partial charge on any atom is 0.236 e. The van der Waals surface area contributed by atoms with Gasteiger partial charge < -0.3 is 10.2 Å². The Balaban J connectivity index is 1.72. The van der Waals surface area contributed by atoms with Crippen molar-refractivity contribution in [1.82, 2.24) is 15.2 Å². The summed E-state index contributed by atoms with van der Waals surface area (Å²) >= 11 is 0. The van der Waals surface area contributed by atoms with Crippen molar-refractivity contribution in [3.05, 3.63) is 29.6 Å². The third kappa shape index (κ3) is 7.24. The van der Waals surface area contributed by atoms with Gasteiger partial charge in [-0.2, -0.15) is 0 Å². The molecule has 0 atom stereocenters. The summed E-state index contributed by atoms with van der Waals surface area (Å²) in [5, 5.41) is 3.19. The van der Waals surface area contributed by atoms with E-state index in [1.54, 1.807) is 0 Å². The number of likely N-dealkylation sites (N-methyl/N-ethyl adjacent to an activating group) is 1. The molecule has 144 valence electrons. The van der Waals surface area contributed by atoms with Crippen LogP contribution in [0.3, 0.4) is 0 Å². The van der Waals surface area contributed by atoms with Gasteiger partial charge in [0.15, 0.2) is 0 Å². The predicted octanol–water partition coefficient (Wildman–Crippen LogP) is 3.43. The summed E-state index contributed by atoms with van der Waals surface area (Å²) < 4.78 is 0. The first-order valence-electron chi connectivity index (χ1n) is 10.2. The highest BCUT2D eigenvalue weighted by Gasteiger charge is 2.12. The molecule has 0 unspecified atom stereocenters. The molecule has 0 aliphatic heterocycles. The molecule has 1 heterocycles. The lowest BCUT2D eigenvalue weighted by Crippen LogP contribution is -2.37. The molecule has 1 amide bonds. The highest BCUT2D eigenvalue weighted by molar-refractivity contribution is 5.79. The van der Waals surface area contributed by atoms with E-state index in [0.29, 0.717) is 13.1 Å². The van der Waals surface area contributed by atoms with Crippen molar-refractivity contribution in [3.8, 4) is 0 Å². The molecule has 1 aromatic rings. The molecule has 1 fully saturated rings. The Kier molecular flexibility index (Phi) is 9.32. The minimum atomic E-state index is 0.135. The SMILES string of the molecule is CCN(CC)C(=O)CNCc1cc(C=NCCC2CCCCC2)ccn1. The van der Waals surface area contributed by atoms with Crippen LogP contribution < -0.4 is 5.32 Å². The molecule has 1 aliphatic carbocycles. The van der Waals surface area contributed by atoms with Crippen LogP contribution >= 0.6 is 0 Å². The predicted molar refractivity (Wildman–Crippen MR) is 108 cm³/mol. The first-order valence-corrected chi connectivity index (χ1v) is 10.2. The van der Waals surface area contributed by atoms with E-state index in [-0.39, 0.29) is 5.91 Å². The normalized spacial score (nSPS) is 15.5. The van der Waals surface area contributed by atoms with E-state index in [1.807, 2.05) is 43.3 Å². The fourth-order valence-corrected chi connectivity index (χ4v) is 3.56. The van der Waals surface area contributed by atoms with Crippen molar-refractivity contribution in [2.75, 3.05) is 26.2 Å². The van der Waals surface area contributed by atoms with Crippen molar-refractivity contribution in [2.24, 2.45) is 10.9 Å².